The Hall–Kier alpha value is -4.00. The minimum Gasteiger partial charge on any atom is -0.493 e. The minimum atomic E-state index is 0.470. The lowest BCUT2D eigenvalue weighted by Crippen LogP contribution is -1.98. The highest BCUT2D eigenvalue weighted by Gasteiger charge is 2.12. The molecule has 0 saturated carbocycles. The Morgan fingerprint density at radius 1 is 0.625 bits per heavy atom. The predicted molar refractivity (Wildman–Crippen MR) is 121 cm³/mol. The molecule has 32 heavy (non-hydrogen) atoms. The Morgan fingerprint density at radius 3 is 1.69 bits per heavy atom. The van der Waals surface area contributed by atoms with Crippen LogP contribution in [0.1, 0.15) is 26.3 Å². The maximum absolute atomic E-state index is 10.7. The fraction of sp³-hybridized carbons (Fsp3) is 0.200. The van der Waals surface area contributed by atoms with Crippen LogP contribution in [0.3, 0.4) is 0 Å². The van der Waals surface area contributed by atoms with Crippen molar-refractivity contribution in [1.82, 2.24) is 0 Å². The average molecular weight is 438 g/mol. The largest absolute Gasteiger partial charge is 0.493 e. The van der Waals surface area contributed by atoms with Gasteiger partial charge in [-0.1, -0.05) is 30.3 Å². The molecule has 0 fully saturated rings. The maximum atomic E-state index is 10.7. The van der Waals surface area contributed by atoms with E-state index in [0.717, 1.165) is 18.1 Å². The highest BCUT2D eigenvalue weighted by Crippen LogP contribution is 2.37. The Labute approximate surface area is 187 Å². The van der Waals surface area contributed by atoms with Crippen molar-refractivity contribution in [2.75, 3.05) is 28.4 Å². The van der Waals surface area contributed by atoms with Gasteiger partial charge in [-0.2, -0.15) is 0 Å². The van der Waals surface area contributed by atoms with Crippen LogP contribution in [0.25, 0.3) is 0 Å². The fourth-order valence-electron chi connectivity index (χ4n) is 2.78. The van der Waals surface area contributed by atoms with Crippen molar-refractivity contribution >= 4 is 12.6 Å². The topological polar surface area (TPSA) is 80.3 Å². The Bertz CT molecular complexity index is 991. The molecular formula is C25H26O7. The SMILES string of the molecule is COc1cc(C=O)cc(OC)c1OC.COc1cc(C=O)ccc1OCc1ccccc1. The molecule has 0 saturated heterocycles. The van der Waals surface area contributed by atoms with Crippen molar-refractivity contribution in [2.24, 2.45) is 0 Å². The molecule has 0 spiro atoms. The van der Waals surface area contributed by atoms with Gasteiger partial charge >= 0.3 is 0 Å². The lowest BCUT2D eigenvalue weighted by Gasteiger charge is -2.11. The Kier molecular flexibility index (Phi) is 9.59. The summed E-state index contributed by atoms with van der Waals surface area (Å²) in [6.45, 7) is 0.470. The molecule has 3 rings (SSSR count). The van der Waals surface area contributed by atoms with Gasteiger partial charge in [-0.3, -0.25) is 9.59 Å². The van der Waals surface area contributed by atoms with Gasteiger partial charge in [0.15, 0.2) is 23.0 Å². The molecule has 3 aromatic rings. The van der Waals surface area contributed by atoms with E-state index in [4.69, 9.17) is 23.7 Å². The molecule has 0 bridgehead atoms. The summed E-state index contributed by atoms with van der Waals surface area (Å²) in [5.41, 5.74) is 2.14. The van der Waals surface area contributed by atoms with E-state index in [0.29, 0.717) is 46.5 Å². The van der Waals surface area contributed by atoms with Crippen LogP contribution < -0.4 is 23.7 Å². The molecule has 0 aliphatic carbocycles. The van der Waals surface area contributed by atoms with Crippen molar-refractivity contribution in [1.29, 1.82) is 0 Å². The van der Waals surface area contributed by atoms with Crippen LogP contribution in [0.15, 0.2) is 60.7 Å². The molecule has 7 heteroatoms. The van der Waals surface area contributed by atoms with Crippen molar-refractivity contribution in [3.05, 3.63) is 77.4 Å². The molecule has 0 unspecified atom stereocenters. The monoisotopic (exact) mass is 438 g/mol. The Morgan fingerprint density at radius 2 is 1.19 bits per heavy atom. The van der Waals surface area contributed by atoms with Gasteiger partial charge in [-0.05, 0) is 35.9 Å². The molecule has 3 aromatic carbocycles. The van der Waals surface area contributed by atoms with Crippen LogP contribution in [0, 0.1) is 0 Å². The van der Waals surface area contributed by atoms with Crippen LogP contribution in [0.5, 0.6) is 28.7 Å². The average Bonchev–Trinajstić information content (AvgIpc) is 2.87. The molecule has 0 N–H and O–H groups in total. The van der Waals surface area contributed by atoms with E-state index in [9.17, 15) is 9.59 Å². The van der Waals surface area contributed by atoms with Gasteiger partial charge in [-0.15, -0.1) is 0 Å². The third-order valence-electron chi connectivity index (χ3n) is 4.38. The molecule has 0 atom stereocenters. The number of hydrogen-bond acceptors (Lipinski definition) is 7. The molecule has 7 nitrogen and oxygen atoms in total. The first-order chi connectivity index (χ1) is 15.6. The number of benzene rings is 3. The van der Waals surface area contributed by atoms with E-state index in [-0.39, 0.29) is 0 Å². The Balaban J connectivity index is 0.000000235. The number of carbonyl (C=O) groups is 2. The van der Waals surface area contributed by atoms with Crippen molar-refractivity contribution in [2.45, 2.75) is 6.61 Å². The highest BCUT2D eigenvalue weighted by molar-refractivity contribution is 5.78. The number of ether oxygens (including phenoxy) is 5. The summed E-state index contributed by atoms with van der Waals surface area (Å²) < 4.78 is 26.1. The molecular weight excluding hydrogens is 412 g/mol. The second-order valence-corrected chi connectivity index (χ2v) is 6.38. The quantitative estimate of drug-likeness (QED) is 0.451. The van der Waals surface area contributed by atoms with Gasteiger partial charge in [-0.25, -0.2) is 0 Å². The summed E-state index contributed by atoms with van der Waals surface area (Å²) in [6.07, 6.45) is 1.51. The van der Waals surface area contributed by atoms with Crippen LogP contribution >= 0.6 is 0 Å². The number of hydrogen-bond donors (Lipinski definition) is 0. The van der Waals surface area contributed by atoms with Crippen LogP contribution in [0.2, 0.25) is 0 Å². The van der Waals surface area contributed by atoms with Gasteiger partial charge in [0.2, 0.25) is 5.75 Å². The lowest BCUT2D eigenvalue weighted by atomic mass is 10.2. The molecule has 168 valence electrons. The smallest absolute Gasteiger partial charge is 0.203 e. The summed E-state index contributed by atoms with van der Waals surface area (Å²) >= 11 is 0. The van der Waals surface area contributed by atoms with E-state index < -0.39 is 0 Å². The second-order valence-electron chi connectivity index (χ2n) is 6.38. The molecule has 0 aliphatic rings. The first-order valence-electron chi connectivity index (χ1n) is 9.65. The van der Waals surface area contributed by atoms with Crippen LogP contribution in [0.4, 0.5) is 0 Å². The summed E-state index contributed by atoms with van der Waals surface area (Å²) in [4.78, 5) is 21.3. The van der Waals surface area contributed by atoms with Crippen LogP contribution in [-0.4, -0.2) is 41.0 Å². The van der Waals surface area contributed by atoms with Crippen molar-refractivity contribution < 1.29 is 33.3 Å². The minimum absolute atomic E-state index is 0.470. The first kappa shape index (κ1) is 24.3. The van der Waals surface area contributed by atoms with E-state index in [1.165, 1.54) is 21.3 Å². The predicted octanol–water partition coefficient (Wildman–Crippen LogP) is 4.61. The zero-order valence-corrected chi connectivity index (χ0v) is 18.5. The molecule has 0 heterocycles. The third-order valence-corrected chi connectivity index (χ3v) is 4.38. The van der Waals surface area contributed by atoms with Gasteiger partial charge in [0.1, 0.15) is 19.2 Å². The lowest BCUT2D eigenvalue weighted by molar-refractivity contribution is 0.111. The fourth-order valence-corrected chi connectivity index (χ4v) is 2.78. The van der Waals surface area contributed by atoms with Gasteiger partial charge in [0.25, 0.3) is 0 Å². The zero-order chi connectivity index (χ0) is 23.3. The number of rotatable bonds is 9. The summed E-state index contributed by atoms with van der Waals surface area (Å²) in [7, 11) is 6.08. The normalized spacial score (nSPS) is 9.62. The first-order valence-corrected chi connectivity index (χ1v) is 9.65. The summed E-state index contributed by atoms with van der Waals surface area (Å²) in [5, 5.41) is 0. The van der Waals surface area contributed by atoms with E-state index in [1.54, 1.807) is 37.4 Å². The molecule has 0 aliphatic heterocycles. The molecule has 0 amide bonds. The second kappa shape index (κ2) is 12.6. The summed E-state index contributed by atoms with van der Waals surface area (Å²) in [6, 6.07) is 18.2. The van der Waals surface area contributed by atoms with E-state index in [2.05, 4.69) is 0 Å². The van der Waals surface area contributed by atoms with Gasteiger partial charge in [0.05, 0.1) is 28.4 Å². The standard InChI is InChI=1S/C15H14O3.C10H12O4/c1-17-15-9-13(10-16)7-8-14(15)18-11-12-5-3-2-4-6-12;1-12-8-4-7(6-11)5-9(13-2)10(8)14-3/h2-10H,11H2,1H3;4-6H,1-3H3. The molecule has 0 aromatic heterocycles. The maximum Gasteiger partial charge on any atom is 0.203 e. The van der Waals surface area contributed by atoms with E-state index >= 15 is 0 Å². The highest BCUT2D eigenvalue weighted by atomic mass is 16.5. The zero-order valence-electron chi connectivity index (χ0n) is 18.5. The number of methoxy groups -OCH3 is 4. The van der Waals surface area contributed by atoms with Gasteiger partial charge < -0.3 is 23.7 Å². The van der Waals surface area contributed by atoms with Crippen LogP contribution in [-0.2, 0) is 6.61 Å². The third kappa shape index (κ3) is 6.50. The number of aldehydes is 2. The van der Waals surface area contributed by atoms with E-state index in [1.807, 2.05) is 30.3 Å². The van der Waals surface area contributed by atoms with Gasteiger partial charge in [0, 0.05) is 11.1 Å². The van der Waals surface area contributed by atoms with Crippen molar-refractivity contribution in [3.8, 4) is 28.7 Å². The van der Waals surface area contributed by atoms with Crippen molar-refractivity contribution in [3.63, 3.8) is 0 Å². The molecule has 0 radical (unpaired) electrons. The number of carbonyl (C=O) groups excluding carboxylic acids is 2. The summed E-state index contributed by atoms with van der Waals surface area (Å²) in [5.74, 6) is 2.64.